The van der Waals surface area contributed by atoms with Gasteiger partial charge in [-0.05, 0) is 30.5 Å². The van der Waals surface area contributed by atoms with Crippen LogP contribution in [0.5, 0.6) is 5.88 Å². The Labute approximate surface area is 195 Å². The number of ether oxygens (including phenoxy) is 1. The number of aromatic nitrogens is 2. The fraction of sp³-hybridized carbons (Fsp3) is 0.261. The van der Waals surface area contributed by atoms with Gasteiger partial charge < -0.3 is 9.30 Å². The third kappa shape index (κ3) is 5.00. The molecule has 0 unspecified atom stereocenters. The standard InChI is InChI=1S/C23H24FN3O6S/c1-23(22(29)26-30,34(3,31)32)10-11-27-14-19(24)18(12-21(27)28)16-6-4-15(5-7-16)17-8-9-20(33-2)25-13-17/h4-9,12-14,30H,10-11H2,1-3H3,(H,26,29)/t23-/m1/s1. The summed E-state index contributed by atoms with van der Waals surface area (Å²) in [6, 6.07) is 11.6. The van der Waals surface area contributed by atoms with Gasteiger partial charge in [0.05, 0.1) is 7.11 Å². The topological polar surface area (TPSA) is 128 Å². The monoisotopic (exact) mass is 489 g/mol. The van der Waals surface area contributed by atoms with E-state index >= 15 is 0 Å². The van der Waals surface area contributed by atoms with Gasteiger partial charge in [-0.3, -0.25) is 14.8 Å². The van der Waals surface area contributed by atoms with E-state index in [9.17, 15) is 22.4 Å². The normalized spacial score (nSPS) is 13.2. The highest BCUT2D eigenvalue weighted by atomic mass is 32.2. The van der Waals surface area contributed by atoms with Gasteiger partial charge in [0, 0.05) is 48.5 Å². The maximum atomic E-state index is 14.9. The van der Waals surface area contributed by atoms with Gasteiger partial charge in [-0.25, -0.2) is 23.3 Å². The van der Waals surface area contributed by atoms with Gasteiger partial charge in [-0.15, -0.1) is 0 Å². The summed E-state index contributed by atoms with van der Waals surface area (Å²) in [5.74, 6) is -1.34. The molecule has 3 rings (SSSR count). The molecule has 1 aromatic carbocycles. The van der Waals surface area contributed by atoms with Crippen LogP contribution in [0.1, 0.15) is 13.3 Å². The number of halogens is 1. The summed E-state index contributed by atoms with van der Waals surface area (Å²) in [4.78, 5) is 28.7. The molecule has 1 atom stereocenters. The zero-order chi connectivity index (χ0) is 25.1. The lowest BCUT2D eigenvalue weighted by Gasteiger charge is -2.25. The van der Waals surface area contributed by atoms with Crippen LogP contribution in [0, 0.1) is 5.82 Å². The molecule has 34 heavy (non-hydrogen) atoms. The highest BCUT2D eigenvalue weighted by Gasteiger charge is 2.43. The molecule has 1 amide bonds. The van der Waals surface area contributed by atoms with Crippen LogP contribution in [0.3, 0.4) is 0 Å². The predicted octanol–water partition coefficient (Wildman–Crippen LogP) is 2.42. The van der Waals surface area contributed by atoms with Crippen LogP contribution in [0.4, 0.5) is 4.39 Å². The molecule has 0 aliphatic heterocycles. The van der Waals surface area contributed by atoms with Crippen molar-refractivity contribution < 1.29 is 27.5 Å². The minimum atomic E-state index is -3.94. The number of pyridine rings is 2. The van der Waals surface area contributed by atoms with E-state index in [4.69, 9.17) is 9.94 Å². The van der Waals surface area contributed by atoms with Gasteiger partial charge in [0.15, 0.2) is 14.6 Å². The number of aryl methyl sites for hydroxylation is 1. The first kappa shape index (κ1) is 25.1. The first-order valence-electron chi connectivity index (χ1n) is 10.1. The Morgan fingerprint density at radius 2 is 1.79 bits per heavy atom. The maximum absolute atomic E-state index is 14.9. The van der Waals surface area contributed by atoms with Crippen molar-refractivity contribution in [3.8, 4) is 28.1 Å². The van der Waals surface area contributed by atoms with E-state index in [-0.39, 0.29) is 18.5 Å². The minimum absolute atomic E-state index is 0.0830. The summed E-state index contributed by atoms with van der Waals surface area (Å²) in [5.41, 5.74) is 3.01. The number of rotatable bonds is 8. The molecule has 3 aromatic rings. The summed E-state index contributed by atoms with van der Waals surface area (Å²) < 4.78 is 43.1. The molecule has 9 nitrogen and oxygen atoms in total. The quantitative estimate of drug-likeness (QED) is 0.367. The highest BCUT2D eigenvalue weighted by Crippen LogP contribution is 2.27. The van der Waals surface area contributed by atoms with Crippen LogP contribution in [0.25, 0.3) is 22.3 Å². The number of carbonyl (C=O) groups excluding carboxylic acids is 1. The van der Waals surface area contributed by atoms with Gasteiger partial charge in [0.25, 0.3) is 11.5 Å². The molecule has 0 radical (unpaired) electrons. The molecule has 0 saturated carbocycles. The van der Waals surface area contributed by atoms with Crippen molar-refractivity contribution in [2.45, 2.75) is 24.6 Å². The number of hydrogen-bond donors (Lipinski definition) is 2. The predicted molar refractivity (Wildman–Crippen MR) is 124 cm³/mol. The lowest BCUT2D eigenvalue weighted by molar-refractivity contribution is -0.131. The molecule has 0 saturated heterocycles. The van der Waals surface area contributed by atoms with Gasteiger partial charge in [-0.1, -0.05) is 24.3 Å². The van der Waals surface area contributed by atoms with E-state index in [1.807, 2.05) is 6.07 Å². The van der Waals surface area contributed by atoms with Crippen molar-refractivity contribution in [3.63, 3.8) is 0 Å². The van der Waals surface area contributed by atoms with Crippen LogP contribution < -0.4 is 15.8 Å². The average molecular weight is 490 g/mol. The zero-order valence-corrected chi connectivity index (χ0v) is 19.6. The number of hydroxylamine groups is 1. The Morgan fingerprint density at radius 1 is 1.18 bits per heavy atom. The molecule has 2 heterocycles. The van der Waals surface area contributed by atoms with Crippen molar-refractivity contribution >= 4 is 15.7 Å². The van der Waals surface area contributed by atoms with Crippen molar-refractivity contribution in [3.05, 3.63) is 71.0 Å². The number of methoxy groups -OCH3 is 1. The number of benzene rings is 1. The zero-order valence-electron chi connectivity index (χ0n) is 18.8. The minimum Gasteiger partial charge on any atom is -0.481 e. The van der Waals surface area contributed by atoms with Crippen molar-refractivity contribution in [1.82, 2.24) is 15.0 Å². The third-order valence-electron chi connectivity index (χ3n) is 5.78. The van der Waals surface area contributed by atoms with Crippen molar-refractivity contribution in [2.24, 2.45) is 0 Å². The Hall–Kier alpha value is -3.57. The Morgan fingerprint density at radius 3 is 2.32 bits per heavy atom. The Kier molecular flexibility index (Phi) is 7.18. The van der Waals surface area contributed by atoms with Gasteiger partial charge >= 0.3 is 0 Å². The molecule has 2 N–H and O–H groups in total. The van der Waals surface area contributed by atoms with Gasteiger partial charge in [0.1, 0.15) is 5.82 Å². The third-order valence-corrected chi connectivity index (χ3v) is 7.81. The summed E-state index contributed by atoms with van der Waals surface area (Å²) in [5, 5.41) is 8.91. The first-order chi connectivity index (χ1) is 16.0. The molecule has 180 valence electrons. The highest BCUT2D eigenvalue weighted by molar-refractivity contribution is 7.92. The molecule has 0 bridgehead atoms. The number of nitrogens with one attached hydrogen (secondary N) is 1. The van der Waals surface area contributed by atoms with E-state index in [0.717, 1.165) is 41.1 Å². The fourth-order valence-electron chi connectivity index (χ4n) is 3.37. The van der Waals surface area contributed by atoms with Crippen LogP contribution >= 0.6 is 0 Å². The van der Waals surface area contributed by atoms with Crippen LogP contribution in [-0.2, 0) is 21.2 Å². The van der Waals surface area contributed by atoms with E-state index in [1.54, 1.807) is 36.5 Å². The van der Waals surface area contributed by atoms with Gasteiger partial charge in [0.2, 0.25) is 5.88 Å². The summed E-state index contributed by atoms with van der Waals surface area (Å²) in [6.45, 7) is 0.875. The number of hydrogen-bond acceptors (Lipinski definition) is 7. The second kappa shape index (κ2) is 9.74. The lowest BCUT2D eigenvalue weighted by atomic mass is 10.0. The lowest BCUT2D eigenvalue weighted by Crippen LogP contribution is -2.50. The summed E-state index contributed by atoms with van der Waals surface area (Å²) in [6.07, 6.45) is 3.12. The van der Waals surface area contributed by atoms with E-state index in [0.29, 0.717) is 11.4 Å². The number of sulfone groups is 1. The fourth-order valence-corrected chi connectivity index (χ4v) is 4.22. The molecular formula is C23H24FN3O6S. The Balaban J connectivity index is 1.85. The van der Waals surface area contributed by atoms with Crippen LogP contribution in [0.2, 0.25) is 0 Å². The SMILES string of the molecule is COc1ccc(-c2ccc(-c3cc(=O)n(CC[C@](C)(C(=O)NO)S(C)(=O)=O)cc3F)cc2)cn1. The molecule has 0 aliphatic rings. The smallest absolute Gasteiger partial charge is 0.264 e. The second-order valence-electron chi connectivity index (χ2n) is 7.93. The van der Waals surface area contributed by atoms with E-state index in [1.165, 1.54) is 12.6 Å². The number of amides is 1. The number of carbonyl (C=O) groups is 1. The van der Waals surface area contributed by atoms with E-state index in [2.05, 4.69) is 4.98 Å². The van der Waals surface area contributed by atoms with Crippen molar-refractivity contribution in [2.75, 3.05) is 13.4 Å². The number of nitrogens with zero attached hydrogens (tertiary/aromatic N) is 2. The van der Waals surface area contributed by atoms with Crippen LogP contribution in [-0.4, -0.2) is 47.2 Å². The Bertz CT molecular complexity index is 1350. The van der Waals surface area contributed by atoms with Crippen LogP contribution in [0.15, 0.2) is 59.7 Å². The molecule has 0 fully saturated rings. The molecule has 2 aromatic heterocycles. The summed E-state index contributed by atoms with van der Waals surface area (Å²) >= 11 is 0. The molecule has 0 spiro atoms. The summed E-state index contributed by atoms with van der Waals surface area (Å²) in [7, 11) is -2.42. The van der Waals surface area contributed by atoms with Gasteiger partial charge in [-0.2, -0.15) is 0 Å². The average Bonchev–Trinajstić information content (AvgIpc) is 2.83. The van der Waals surface area contributed by atoms with E-state index < -0.39 is 31.9 Å². The first-order valence-corrected chi connectivity index (χ1v) is 12.0. The largest absolute Gasteiger partial charge is 0.481 e. The molecule has 11 heteroatoms. The maximum Gasteiger partial charge on any atom is 0.264 e. The second-order valence-corrected chi connectivity index (χ2v) is 10.4. The van der Waals surface area contributed by atoms with Crippen molar-refractivity contribution in [1.29, 1.82) is 0 Å². The molecular weight excluding hydrogens is 465 g/mol. The molecule has 0 aliphatic carbocycles.